The lowest BCUT2D eigenvalue weighted by Crippen LogP contribution is -2.21. The van der Waals surface area contributed by atoms with Crippen molar-refractivity contribution in [3.8, 4) is 0 Å². The van der Waals surface area contributed by atoms with Gasteiger partial charge in [0, 0.05) is 5.69 Å². The fourth-order valence-corrected chi connectivity index (χ4v) is 2.19. The van der Waals surface area contributed by atoms with Gasteiger partial charge < -0.3 is 17.2 Å². The zero-order valence-corrected chi connectivity index (χ0v) is 14.9. The van der Waals surface area contributed by atoms with Crippen molar-refractivity contribution in [3.63, 3.8) is 0 Å². The van der Waals surface area contributed by atoms with Crippen molar-refractivity contribution in [1.29, 1.82) is 0 Å². The quantitative estimate of drug-likeness (QED) is 0.231. The Morgan fingerprint density at radius 3 is 2.11 bits per heavy atom. The van der Waals surface area contributed by atoms with E-state index in [1.54, 1.807) is 55.5 Å². The van der Waals surface area contributed by atoms with Crippen molar-refractivity contribution >= 4 is 34.4 Å². The summed E-state index contributed by atoms with van der Waals surface area (Å²) >= 11 is 0. The Bertz CT molecular complexity index is 1100. The maximum Gasteiger partial charge on any atom is 0.317 e. The zero-order chi connectivity index (χ0) is 20.1. The molecule has 0 spiro atoms. The third-order valence-corrected chi connectivity index (χ3v) is 3.54. The number of nitrogens with one attached hydrogen (secondary N) is 1. The van der Waals surface area contributed by atoms with Gasteiger partial charge in [-0.05, 0) is 60.7 Å². The van der Waals surface area contributed by atoms with Crippen LogP contribution in [0.2, 0.25) is 0 Å². The van der Waals surface area contributed by atoms with E-state index < -0.39 is 5.56 Å². The standard InChI is InChI=1S/C17H18N10O/c1-10-15(24-22-13-8-6-12(7-9-13)21-17(19)20)16(28)27(25-10)26-23-14-4-2-11(18)3-5-14/h2-9,25H,18H2,1H3,(H4,19,20,21). The topological polar surface area (TPSA) is 178 Å². The van der Waals surface area contributed by atoms with Gasteiger partial charge >= 0.3 is 5.56 Å². The van der Waals surface area contributed by atoms with Crippen molar-refractivity contribution in [2.24, 2.45) is 37.0 Å². The van der Waals surface area contributed by atoms with Crippen LogP contribution in [0.5, 0.6) is 0 Å². The Labute approximate surface area is 159 Å². The number of rotatable bonds is 5. The maximum absolute atomic E-state index is 12.4. The number of aromatic nitrogens is 2. The van der Waals surface area contributed by atoms with Gasteiger partial charge in [0.15, 0.2) is 11.6 Å². The lowest BCUT2D eigenvalue weighted by molar-refractivity contribution is 0.663. The first-order chi connectivity index (χ1) is 13.4. The molecule has 1 aromatic heterocycles. The summed E-state index contributed by atoms with van der Waals surface area (Å²) in [5.74, 6) is -0.0361. The van der Waals surface area contributed by atoms with E-state index in [0.29, 0.717) is 28.4 Å². The van der Waals surface area contributed by atoms with Crippen molar-refractivity contribution in [1.82, 2.24) is 9.89 Å². The molecule has 1 heterocycles. The second kappa shape index (κ2) is 7.95. The maximum atomic E-state index is 12.4. The van der Waals surface area contributed by atoms with Gasteiger partial charge in [-0.2, -0.15) is 5.11 Å². The van der Waals surface area contributed by atoms with Crippen molar-refractivity contribution < 1.29 is 0 Å². The summed E-state index contributed by atoms with van der Waals surface area (Å²) in [4.78, 5) is 17.3. The lowest BCUT2D eigenvalue weighted by Gasteiger charge is -1.95. The highest BCUT2D eigenvalue weighted by Gasteiger charge is 2.10. The van der Waals surface area contributed by atoms with Gasteiger partial charge in [0.25, 0.3) is 0 Å². The molecular formula is C17H18N10O. The second-order valence-corrected chi connectivity index (χ2v) is 5.74. The van der Waals surface area contributed by atoms with Crippen LogP contribution in [0.15, 0.2) is 78.9 Å². The first-order valence-electron chi connectivity index (χ1n) is 8.13. The van der Waals surface area contributed by atoms with Crippen molar-refractivity contribution in [2.45, 2.75) is 6.92 Å². The van der Waals surface area contributed by atoms with Crippen LogP contribution in [0.1, 0.15) is 5.69 Å². The number of aromatic amines is 1. The lowest BCUT2D eigenvalue weighted by atomic mass is 10.3. The Balaban J connectivity index is 1.80. The summed E-state index contributed by atoms with van der Waals surface area (Å²) in [6.07, 6.45) is 0. The number of nitrogens with zero attached hydrogens (tertiary/aromatic N) is 6. The zero-order valence-electron chi connectivity index (χ0n) is 14.9. The highest BCUT2D eigenvalue weighted by atomic mass is 16.1. The van der Waals surface area contributed by atoms with Crippen LogP contribution in [0, 0.1) is 6.92 Å². The summed E-state index contributed by atoms with van der Waals surface area (Å²) in [6, 6.07) is 13.5. The molecule has 0 atom stereocenters. The van der Waals surface area contributed by atoms with Crippen LogP contribution in [0.4, 0.5) is 28.4 Å². The Kier molecular flexibility index (Phi) is 5.25. The molecule has 0 radical (unpaired) electrons. The number of H-pyrrole nitrogens is 1. The number of nitrogens with two attached hydrogens (primary N) is 3. The molecule has 2 aromatic carbocycles. The van der Waals surface area contributed by atoms with Crippen LogP contribution in [0.3, 0.4) is 0 Å². The van der Waals surface area contributed by atoms with E-state index in [1.807, 2.05) is 0 Å². The second-order valence-electron chi connectivity index (χ2n) is 5.74. The molecule has 28 heavy (non-hydrogen) atoms. The third kappa shape index (κ3) is 4.46. The molecule has 3 rings (SSSR count). The number of hydrogen-bond acceptors (Lipinski definition) is 7. The minimum Gasteiger partial charge on any atom is -0.399 e. The number of nitrogen functional groups attached to an aromatic ring is 1. The average Bonchev–Trinajstić information content (AvgIpc) is 2.93. The first kappa shape index (κ1) is 18.5. The first-order valence-corrected chi connectivity index (χ1v) is 8.13. The molecule has 0 amide bonds. The predicted molar refractivity (Wildman–Crippen MR) is 107 cm³/mol. The van der Waals surface area contributed by atoms with E-state index in [0.717, 1.165) is 4.79 Å². The molecule has 0 bridgehead atoms. The van der Waals surface area contributed by atoms with E-state index in [2.05, 4.69) is 30.7 Å². The molecule has 0 fully saturated rings. The van der Waals surface area contributed by atoms with E-state index in [9.17, 15) is 4.79 Å². The smallest absolute Gasteiger partial charge is 0.317 e. The summed E-state index contributed by atoms with van der Waals surface area (Å²) in [7, 11) is 0. The summed E-state index contributed by atoms with van der Waals surface area (Å²) in [5.41, 5.74) is 18.7. The molecule has 0 saturated heterocycles. The minimum absolute atomic E-state index is 0.0361. The molecule has 11 nitrogen and oxygen atoms in total. The van der Waals surface area contributed by atoms with E-state index in [4.69, 9.17) is 17.2 Å². The Morgan fingerprint density at radius 2 is 1.46 bits per heavy atom. The molecule has 142 valence electrons. The van der Waals surface area contributed by atoms with Crippen LogP contribution < -0.4 is 22.8 Å². The number of hydrogen-bond donors (Lipinski definition) is 4. The van der Waals surface area contributed by atoms with Crippen molar-refractivity contribution in [2.75, 3.05) is 5.73 Å². The number of guanidine groups is 1. The van der Waals surface area contributed by atoms with Gasteiger partial charge in [0.05, 0.1) is 22.8 Å². The van der Waals surface area contributed by atoms with Gasteiger partial charge in [-0.1, -0.05) is 0 Å². The van der Waals surface area contributed by atoms with E-state index in [-0.39, 0.29) is 11.6 Å². The van der Waals surface area contributed by atoms with Crippen LogP contribution in [-0.4, -0.2) is 15.8 Å². The molecule has 0 aliphatic heterocycles. The fourth-order valence-electron chi connectivity index (χ4n) is 2.19. The van der Waals surface area contributed by atoms with Gasteiger partial charge in [-0.25, -0.2) is 4.99 Å². The SMILES string of the molecule is Cc1[nH]n(N=Nc2ccc(N)cc2)c(=O)c1N=Nc1ccc(N=C(N)N)cc1. The predicted octanol–water partition coefficient (Wildman–Crippen LogP) is 2.93. The minimum atomic E-state index is -0.474. The van der Waals surface area contributed by atoms with Gasteiger partial charge in [0.1, 0.15) is 0 Å². The summed E-state index contributed by atoms with van der Waals surface area (Å²) in [5, 5.41) is 18.7. The highest BCUT2D eigenvalue weighted by Crippen LogP contribution is 2.21. The molecule has 0 saturated carbocycles. The molecule has 3 aromatic rings. The van der Waals surface area contributed by atoms with Crippen LogP contribution in [0.25, 0.3) is 0 Å². The normalized spacial score (nSPS) is 11.3. The number of azo groups is 1. The van der Waals surface area contributed by atoms with Crippen LogP contribution in [-0.2, 0) is 0 Å². The van der Waals surface area contributed by atoms with Gasteiger partial charge in [-0.3, -0.25) is 9.89 Å². The average molecular weight is 378 g/mol. The number of benzene rings is 2. The molecule has 0 aliphatic rings. The molecular weight excluding hydrogens is 360 g/mol. The summed E-state index contributed by atoms with van der Waals surface area (Å²) in [6.45, 7) is 1.69. The largest absolute Gasteiger partial charge is 0.399 e. The Morgan fingerprint density at radius 1 is 0.893 bits per heavy atom. The number of aliphatic imine (C=N–C) groups is 1. The molecule has 0 aliphatic carbocycles. The number of aryl methyl sites for hydroxylation is 1. The van der Waals surface area contributed by atoms with Crippen molar-refractivity contribution in [3.05, 3.63) is 64.6 Å². The number of anilines is 1. The van der Waals surface area contributed by atoms with E-state index in [1.165, 1.54) is 0 Å². The van der Waals surface area contributed by atoms with E-state index >= 15 is 0 Å². The molecule has 11 heteroatoms. The third-order valence-electron chi connectivity index (χ3n) is 3.54. The van der Waals surface area contributed by atoms with Gasteiger partial charge in [0.2, 0.25) is 0 Å². The van der Waals surface area contributed by atoms with Gasteiger partial charge in [-0.15, -0.1) is 15.0 Å². The van der Waals surface area contributed by atoms with Crippen LogP contribution >= 0.6 is 0 Å². The molecule has 0 unspecified atom stereocenters. The summed E-state index contributed by atoms with van der Waals surface area (Å²) < 4.78 is 0. The Hall–Kier alpha value is -4.28. The molecule has 7 N–H and O–H groups in total. The monoisotopic (exact) mass is 378 g/mol. The highest BCUT2D eigenvalue weighted by molar-refractivity contribution is 5.79. The fraction of sp³-hybridized carbons (Fsp3) is 0.0588.